The van der Waals surface area contributed by atoms with Crippen LogP contribution in [0.2, 0.25) is 5.02 Å². The molecule has 1 aliphatic carbocycles. The number of carbonyl (C=O) groups excluding carboxylic acids is 1. The number of piperidine rings is 1. The molecule has 0 unspecified atom stereocenters. The predicted molar refractivity (Wildman–Crippen MR) is 109 cm³/mol. The fourth-order valence-electron chi connectivity index (χ4n) is 3.64. The first-order chi connectivity index (χ1) is 13.7. The molecule has 1 N–H and O–H groups in total. The van der Waals surface area contributed by atoms with E-state index in [2.05, 4.69) is 20.2 Å². The first-order valence-electron chi connectivity index (χ1n) is 9.61. The van der Waals surface area contributed by atoms with Crippen molar-refractivity contribution in [3.8, 4) is 10.6 Å². The molecule has 1 aromatic carbocycles. The Balaban J connectivity index is 1.24. The van der Waals surface area contributed by atoms with Gasteiger partial charge in [-0.25, -0.2) is 9.97 Å². The van der Waals surface area contributed by atoms with Gasteiger partial charge in [-0.15, -0.1) is 11.3 Å². The molecule has 3 aromatic rings. The Morgan fingerprint density at radius 3 is 2.68 bits per heavy atom. The van der Waals surface area contributed by atoms with Crippen LogP contribution in [0.5, 0.6) is 0 Å². The van der Waals surface area contributed by atoms with Crippen molar-refractivity contribution in [3.05, 3.63) is 52.0 Å². The van der Waals surface area contributed by atoms with Gasteiger partial charge in [0.25, 0.3) is 5.91 Å². The second-order valence-corrected chi connectivity index (χ2v) is 8.87. The molecular formula is C20H20ClN5OS. The average Bonchev–Trinajstić information content (AvgIpc) is 3.26. The highest BCUT2D eigenvalue weighted by Gasteiger charge is 2.31. The molecule has 1 saturated carbocycles. The summed E-state index contributed by atoms with van der Waals surface area (Å²) in [5.74, 6) is 2.90. The van der Waals surface area contributed by atoms with E-state index in [1.807, 2.05) is 29.2 Å². The molecule has 1 saturated heterocycles. The molecular weight excluding hydrogens is 394 g/mol. The van der Waals surface area contributed by atoms with Crippen LogP contribution < -0.4 is 0 Å². The first kappa shape index (κ1) is 17.8. The van der Waals surface area contributed by atoms with E-state index < -0.39 is 0 Å². The van der Waals surface area contributed by atoms with Gasteiger partial charge in [-0.3, -0.25) is 9.89 Å². The summed E-state index contributed by atoms with van der Waals surface area (Å²) in [5, 5.41) is 8.90. The third-order valence-corrected chi connectivity index (χ3v) is 6.80. The van der Waals surface area contributed by atoms with Crippen molar-refractivity contribution in [2.45, 2.75) is 37.5 Å². The number of nitrogens with one attached hydrogen (secondary N) is 1. The molecule has 0 bridgehead atoms. The van der Waals surface area contributed by atoms with Crippen molar-refractivity contribution < 1.29 is 4.79 Å². The summed E-state index contributed by atoms with van der Waals surface area (Å²) in [6, 6.07) is 7.57. The lowest BCUT2D eigenvalue weighted by atomic mass is 9.96. The lowest BCUT2D eigenvalue weighted by Crippen LogP contribution is -2.37. The summed E-state index contributed by atoms with van der Waals surface area (Å²) in [6.45, 7) is 1.45. The zero-order chi connectivity index (χ0) is 19.1. The molecule has 144 valence electrons. The van der Waals surface area contributed by atoms with Gasteiger partial charge in [0.15, 0.2) is 5.82 Å². The summed E-state index contributed by atoms with van der Waals surface area (Å²) < 4.78 is 0. The molecule has 1 amide bonds. The summed E-state index contributed by atoms with van der Waals surface area (Å²) in [4.78, 5) is 24.6. The third kappa shape index (κ3) is 3.44. The van der Waals surface area contributed by atoms with Gasteiger partial charge in [0.2, 0.25) is 0 Å². The highest BCUT2D eigenvalue weighted by atomic mass is 35.5. The minimum absolute atomic E-state index is 0.0468. The van der Waals surface area contributed by atoms with E-state index in [1.165, 1.54) is 24.2 Å². The molecule has 8 heteroatoms. The molecule has 0 spiro atoms. The van der Waals surface area contributed by atoms with E-state index in [9.17, 15) is 4.79 Å². The fraction of sp³-hybridized carbons (Fsp3) is 0.400. The van der Waals surface area contributed by atoms with E-state index in [0.29, 0.717) is 21.7 Å². The fourth-order valence-corrected chi connectivity index (χ4v) is 4.84. The van der Waals surface area contributed by atoms with E-state index in [4.69, 9.17) is 11.6 Å². The van der Waals surface area contributed by atoms with Crippen LogP contribution in [0.1, 0.15) is 58.8 Å². The normalized spacial score (nSPS) is 17.8. The third-order valence-electron chi connectivity index (χ3n) is 5.45. The Labute approximate surface area is 172 Å². The number of hydrogen-bond donors (Lipinski definition) is 1. The number of carbonyl (C=O) groups is 1. The van der Waals surface area contributed by atoms with E-state index in [1.54, 1.807) is 6.20 Å². The lowest BCUT2D eigenvalue weighted by Gasteiger charge is -2.30. The van der Waals surface area contributed by atoms with Gasteiger partial charge in [-0.2, -0.15) is 5.10 Å². The number of halogens is 1. The SMILES string of the molecule is O=C(c1cnc(-c2ccccc2Cl)s1)N1CCC(c2nc(C3CC3)n[nH]2)CC1. The van der Waals surface area contributed by atoms with Crippen molar-refractivity contribution in [1.29, 1.82) is 0 Å². The van der Waals surface area contributed by atoms with Crippen molar-refractivity contribution >= 4 is 28.8 Å². The number of nitrogens with zero attached hydrogens (tertiary/aromatic N) is 4. The molecule has 2 fully saturated rings. The minimum Gasteiger partial charge on any atom is -0.338 e. The monoisotopic (exact) mass is 413 g/mol. The topological polar surface area (TPSA) is 74.8 Å². The molecule has 5 rings (SSSR count). The number of likely N-dealkylation sites (tertiary alicyclic amines) is 1. The standard InChI is InChI=1S/C20H20ClN5OS/c21-15-4-2-1-3-14(15)19-22-11-16(28-19)20(27)26-9-7-13(8-10-26)18-23-17(24-25-18)12-5-6-12/h1-4,11-13H,5-10H2,(H,23,24,25). The average molecular weight is 414 g/mol. The molecule has 0 atom stereocenters. The highest BCUT2D eigenvalue weighted by Crippen LogP contribution is 2.39. The molecule has 28 heavy (non-hydrogen) atoms. The van der Waals surface area contributed by atoms with Crippen LogP contribution in [0, 0.1) is 0 Å². The summed E-state index contributed by atoms with van der Waals surface area (Å²) >= 11 is 7.65. The van der Waals surface area contributed by atoms with E-state index in [0.717, 1.165) is 48.2 Å². The van der Waals surface area contributed by atoms with Crippen molar-refractivity contribution in [1.82, 2.24) is 25.1 Å². The summed E-state index contributed by atoms with van der Waals surface area (Å²) in [7, 11) is 0. The zero-order valence-corrected chi connectivity index (χ0v) is 16.8. The Kier molecular flexibility index (Phi) is 4.64. The predicted octanol–water partition coefficient (Wildman–Crippen LogP) is 4.48. The molecule has 0 radical (unpaired) electrons. The van der Waals surface area contributed by atoms with Crippen LogP contribution in [-0.4, -0.2) is 44.1 Å². The molecule has 1 aliphatic heterocycles. The molecule has 6 nitrogen and oxygen atoms in total. The Bertz CT molecular complexity index is 1000. The zero-order valence-electron chi connectivity index (χ0n) is 15.3. The number of amides is 1. The minimum atomic E-state index is 0.0468. The summed E-state index contributed by atoms with van der Waals surface area (Å²) in [6.07, 6.45) is 5.88. The van der Waals surface area contributed by atoms with Crippen molar-refractivity contribution in [2.75, 3.05) is 13.1 Å². The van der Waals surface area contributed by atoms with Gasteiger partial charge in [0.1, 0.15) is 15.7 Å². The summed E-state index contributed by atoms with van der Waals surface area (Å²) in [5.41, 5.74) is 0.865. The maximum atomic E-state index is 12.9. The van der Waals surface area contributed by atoms with E-state index >= 15 is 0 Å². The van der Waals surface area contributed by atoms with Crippen LogP contribution in [0.4, 0.5) is 0 Å². The van der Waals surface area contributed by atoms with Crippen LogP contribution in [0.15, 0.2) is 30.5 Å². The molecule has 2 aromatic heterocycles. The number of aromatic nitrogens is 4. The van der Waals surface area contributed by atoms with Crippen LogP contribution in [0.3, 0.4) is 0 Å². The Morgan fingerprint density at radius 2 is 1.93 bits per heavy atom. The number of thiazole rings is 1. The van der Waals surface area contributed by atoms with Gasteiger partial charge in [0, 0.05) is 30.5 Å². The number of H-pyrrole nitrogens is 1. The van der Waals surface area contributed by atoms with Gasteiger partial charge in [0.05, 0.1) is 11.2 Å². The Hall–Kier alpha value is -2.25. The van der Waals surface area contributed by atoms with Gasteiger partial charge in [-0.1, -0.05) is 29.8 Å². The van der Waals surface area contributed by atoms with Crippen molar-refractivity contribution in [2.24, 2.45) is 0 Å². The highest BCUT2D eigenvalue weighted by molar-refractivity contribution is 7.17. The molecule has 3 heterocycles. The number of hydrogen-bond acceptors (Lipinski definition) is 5. The van der Waals surface area contributed by atoms with Gasteiger partial charge in [-0.05, 0) is 31.7 Å². The number of aromatic amines is 1. The number of rotatable bonds is 4. The quantitative estimate of drug-likeness (QED) is 0.684. The number of benzene rings is 1. The van der Waals surface area contributed by atoms with Gasteiger partial charge >= 0.3 is 0 Å². The maximum Gasteiger partial charge on any atom is 0.265 e. The largest absolute Gasteiger partial charge is 0.338 e. The van der Waals surface area contributed by atoms with Crippen molar-refractivity contribution in [3.63, 3.8) is 0 Å². The van der Waals surface area contributed by atoms with Gasteiger partial charge < -0.3 is 4.90 Å². The second kappa shape index (κ2) is 7.29. The maximum absolute atomic E-state index is 12.9. The smallest absolute Gasteiger partial charge is 0.265 e. The van der Waals surface area contributed by atoms with E-state index in [-0.39, 0.29) is 5.91 Å². The Morgan fingerprint density at radius 1 is 1.14 bits per heavy atom. The molecule has 2 aliphatic rings. The second-order valence-electron chi connectivity index (χ2n) is 7.43. The van der Waals surface area contributed by atoms with Crippen LogP contribution in [0.25, 0.3) is 10.6 Å². The lowest BCUT2D eigenvalue weighted by molar-refractivity contribution is 0.0716. The van der Waals surface area contributed by atoms with Crippen LogP contribution in [-0.2, 0) is 0 Å². The van der Waals surface area contributed by atoms with Crippen LogP contribution >= 0.6 is 22.9 Å². The first-order valence-corrected chi connectivity index (χ1v) is 10.8.